The van der Waals surface area contributed by atoms with Crippen LogP contribution < -0.4 is 5.32 Å². The molecule has 6 nitrogen and oxygen atoms in total. The topological polar surface area (TPSA) is 102 Å². The van der Waals surface area contributed by atoms with Crippen LogP contribution in [0.15, 0.2) is 0 Å². The fourth-order valence-electron chi connectivity index (χ4n) is 2.29. The monoisotopic (exact) mass is 292 g/mol. The summed E-state index contributed by atoms with van der Waals surface area (Å²) < 4.78 is 13.2. The minimum Gasteiger partial charge on any atom is -0.394 e. The zero-order chi connectivity index (χ0) is 15.8. The van der Waals surface area contributed by atoms with Crippen LogP contribution in [0.25, 0.3) is 0 Å². The molecule has 120 valence electrons. The van der Waals surface area contributed by atoms with Crippen LogP contribution in [-0.4, -0.2) is 64.2 Å². The molecule has 0 aromatic carbocycles. The maximum Gasteiger partial charge on any atom is 0.137 e. The summed E-state index contributed by atoms with van der Waals surface area (Å²) in [7, 11) is 0. The van der Waals surface area contributed by atoms with Crippen molar-refractivity contribution >= 4 is 0 Å². The second kappa shape index (κ2) is 9.65. The summed E-state index contributed by atoms with van der Waals surface area (Å²) in [5.74, 6) is 0. The second-order valence-corrected chi connectivity index (χ2v) is 5.30. The number of rotatable bonds is 9. The van der Waals surface area contributed by atoms with Crippen molar-refractivity contribution in [1.82, 2.24) is 5.32 Å². The average Bonchev–Trinajstić information content (AvgIpc) is 2.48. The first kappa shape index (κ1) is 16.1. The van der Waals surface area contributed by atoms with E-state index in [-0.39, 0.29) is 6.40 Å². The molecule has 1 saturated heterocycles. The molecule has 0 aromatic rings. The van der Waals surface area contributed by atoms with E-state index in [0.717, 1.165) is 25.7 Å². The number of aliphatic hydroxyl groups is 4. The van der Waals surface area contributed by atoms with Crippen molar-refractivity contribution in [2.45, 2.75) is 76.1 Å². The van der Waals surface area contributed by atoms with Crippen LogP contribution in [0, 0.1) is 0 Å². The SMILES string of the molecule is [2H]C(CCCCCC)CNC1O[C@H](CO)[C@@H](O)[C@H](O)[C@H]1O. The number of nitrogens with one attached hydrogen (secondary N) is 1. The van der Waals surface area contributed by atoms with Gasteiger partial charge in [0.2, 0.25) is 0 Å². The molecule has 0 amide bonds. The third kappa shape index (κ3) is 5.27. The van der Waals surface area contributed by atoms with E-state index in [4.69, 9.17) is 11.2 Å². The second-order valence-electron chi connectivity index (χ2n) is 5.30. The van der Waals surface area contributed by atoms with Crippen LogP contribution in [0.5, 0.6) is 0 Å². The Hall–Kier alpha value is -0.240. The lowest BCUT2D eigenvalue weighted by atomic mass is 9.98. The molecule has 1 aliphatic rings. The third-order valence-electron chi connectivity index (χ3n) is 3.62. The quantitative estimate of drug-likeness (QED) is 0.375. The first-order valence-corrected chi connectivity index (χ1v) is 7.47. The molecule has 0 aliphatic carbocycles. The van der Waals surface area contributed by atoms with Gasteiger partial charge in [0.05, 0.1) is 6.61 Å². The Morgan fingerprint density at radius 3 is 2.40 bits per heavy atom. The Balaban J connectivity index is 2.32. The molecule has 0 radical (unpaired) electrons. The lowest BCUT2D eigenvalue weighted by Crippen LogP contribution is -2.62. The molecule has 0 aromatic heterocycles. The molecule has 5 N–H and O–H groups in total. The first-order valence-electron chi connectivity index (χ1n) is 8.05. The van der Waals surface area contributed by atoms with Gasteiger partial charge in [0, 0.05) is 1.37 Å². The summed E-state index contributed by atoms with van der Waals surface area (Å²) in [4.78, 5) is 0. The highest BCUT2D eigenvalue weighted by Crippen LogP contribution is 2.19. The van der Waals surface area contributed by atoms with E-state index >= 15 is 0 Å². The summed E-state index contributed by atoms with van der Waals surface area (Å²) >= 11 is 0. The highest BCUT2D eigenvalue weighted by molar-refractivity contribution is 4.90. The molecule has 2 unspecified atom stereocenters. The number of unbranched alkanes of at least 4 members (excludes halogenated alkanes) is 3. The van der Waals surface area contributed by atoms with Crippen molar-refractivity contribution < 1.29 is 26.5 Å². The molecule has 6 atom stereocenters. The molecule has 1 rings (SSSR count). The van der Waals surface area contributed by atoms with Gasteiger partial charge < -0.3 is 25.2 Å². The Kier molecular flexibility index (Phi) is 7.79. The van der Waals surface area contributed by atoms with Crippen LogP contribution in [0.1, 0.15) is 46.8 Å². The molecule has 1 fully saturated rings. The van der Waals surface area contributed by atoms with Crippen molar-refractivity contribution in [3.63, 3.8) is 0 Å². The van der Waals surface area contributed by atoms with Crippen molar-refractivity contribution in [2.75, 3.05) is 13.2 Å². The van der Waals surface area contributed by atoms with E-state index in [9.17, 15) is 15.3 Å². The summed E-state index contributed by atoms with van der Waals surface area (Å²) in [5, 5.41) is 41.1. The third-order valence-corrected chi connectivity index (χ3v) is 3.62. The Bertz CT molecular complexity index is 282. The summed E-state index contributed by atoms with van der Waals surface area (Å²) in [6.07, 6.45) is -0.887. The van der Waals surface area contributed by atoms with Gasteiger partial charge in [-0.25, -0.2) is 0 Å². The molecular weight excluding hydrogens is 262 g/mol. The van der Waals surface area contributed by atoms with E-state index in [2.05, 4.69) is 12.2 Å². The van der Waals surface area contributed by atoms with Gasteiger partial charge in [-0.1, -0.05) is 39.0 Å². The smallest absolute Gasteiger partial charge is 0.137 e. The Morgan fingerprint density at radius 1 is 1.05 bits per heavy atom. The predicted molar refractivity (Wildman–Crippen MR) is 75.1 cm³/mol. The summed E-state index contributed by atoms with van der Waals surface area (Å²) in [5.41, 5.74) is 0. The molecule has 20 heavy (non-hydrogen) atoms. The maximum atomic E-state index is 9.84. The maximum absolute atomic E-state index is 9.84. The van der Waals surface area contributed by atoms with Gasteiger partial charge in [-0.2, -0.15) is 0 Å². The van der Waals surface area contributed by atoms with Crippen LogP contribution in [0.3, 0.4) is 0 Å². The zero-order valence-corrected chi connectivity index (χ0v) is 12.1. The van der Waals surface area contributed by atoms with Crippen LogP contribution in [-0.2, 0) is 4.74 Å². The van der Waals surface area contributed by atoms with Crippen molar-refractivity contribution in [2.24, 2.45) is 0 Å². The van der Waals surface area contributed by atoms with Crippen molar-refractivity contribution in [1.29, 1.82) is 0 Å². The van der Waals surface area contributed by atoms with Gasteiger partial charge in [-0.05, 0) is 12.9 Å². The molecular formula is C14H29NO5. The molecule has 1 heterocycles. The van der Waals surface area contributed by atoms with E-state index in [1.165, 1.54) is 6.42 Å². The number of aliphatic hydroxyl groups excluding tert-OH is 4. The van der Waals surface area contributed by atoms with E-state index in [1.54, 1.807) is 0 Å². The summed E-state index contributed by atoms with van der Waals surface area (Å²) in [6.45, 7) is 2.03. The molecule has 0 saturated carbocycles. The van der Waals surface area contributed by atoms with E-state index in [0.29, 0.717) is 6.54 Å². The first-order chi connectivity index (χ1) is 10.0. The molecule has 6 heteroatoms. The zero-order valence-electron chi connectivity index (χ0n) is 13.1. The lowest BCUT2D eigenvalue weighted by molar-refractivity contribution is -0.236. The highest BCUT2D eigenvalue weighted by Gasteiger charge is 2.42. The van der Waals surface area contributed by atoms with Gasteiger partial charge in [-0.3, -0.25) is 5.32 Å². The van der Waals surface area contributed by atoms with Crippen LogP contribution >= 0.6 is 0 Å². The Morgan fingerprint density at radius 2 is 1.75 bits per heavy atom. The number of ether oxygens (including phenoxy) is 1. The average molecular weight is 292 g/mol. The van der Waals surface area contributed by atoms with Gasteiger partial charge >= 0.3 is 0 Å². The standard InChI is InChI=1S/C14H29NO5/c1-2-3-4-5-6-7-8-15-14-13(19)12(18)11(17)10(9-16)20-14/h10-19H,2-9H2,1H3/t10-,11-,12+,13-,14?/m1/s1/i7D/t7?,10-,11-,12+,13-,14?. The van der Waals surface area contributed by atoms with Crippen LogP contribution in [0.4, 0.5) is 0 Å². The summed E-state index contributed by atoms with van der Waals surface area (Å²) in [6, 6.07) is 0. The van der Waals surface area contributed by atoms with Gasteiger partial charge in [0.25, 0.3) is 0 Å². The minimum absolute atomic E-state index is 0.311. The van der Waals surface area contributed by atoms with Gasteiger partial charge in [0.1, 0.15) is 30.6 Å². The van der Waals surface area contributed by atoms with Crippen molar-refractivity contribution in [3.8, 4) is 0 Å². The fourth-order valence-corrected chi connectivity index (χ4v) is 2.29. The van der Waals surface area contributed by atoms with Crippen molar-refractivity contribution in [3.05, 3.63) is 0 Å². The normalized spacial score (nSPS) is 36.6. The molecule has 0 spiro atoms. The number of hydrogen-bond acceptors (Lipinski definition) is 6. The molecule has 0 bridgehead atoms. The van der Waals surface area contributed by atoms with Gasteiger partial charge in [-0.15, -0.1) is 0 Å². The fraction of sp³-hybridized carbons (Fsp3) is 1.00. The highest BCUT2D eigenvalue weighted by atomic mass is 16.6. The van der Waals surface area contributed by atoms with Gasteiger partial charge in [0.15, 0.2) is 0 Å². The van der Waals surface area contributed by atoms with E-state index < -0.39 is 37.3 Å². The largest absolute Gasteiger partial charge is 0.394 e. The van der Waals surface area contributed by atoms with E-state index in [1.807, 2.05) is 0 Å². The Labute approximate surface area is 122 Å². The lowest BCUT2D eigenvalue weighted by Gasteiger charge is -2.40. The minimum atomic E-state index is -1.37. The van der Waals surface area contributed by atoms with Crippen LogP contribution in [0.2, 0.25) is 0 Å². The predicted octanol–water partition coefficient (Wildman–Crippen LogP) is -0.264. The number of hydrogen-bond donors (Lipinski definition) is 5. The molecule has 1 aliphatic heterocycles.